The topological polar surface area (TPSA) is 43.1 Å². The monoisotopic (exact) mass is 177 g/mol. The molecule has 1 aromatic rings. The summed E-state index contributed by atoms with van der Waals surface area (Å²) >= 11 is 0. The predicted molar refractivity (Wildman–Crippen MR) is 53.5 cm³/mol. The molecule has 1 aromatic carbocycles. The third kappa shape index (κ3) is 1.95. The highest BCUT2D eigenvalue weighted by molar-refractivity contribution is 5.83. The summed E-state index contributed by atoms with van der Waals surface area (Å²) in [6.45, 7) is 5.53. The highest BCUT2D eigenvalue weighted by atomic mass is 16.1. The molecule has 1 atom stereocenters. The summed E-state index contributed by atoms with van der Waals surface area (Å²) in [6, 6.07) is 5.39. The van der Waals surface area contributed by atoms with Gasteiger partial charge in [-0.05, 0) is 37.5 Å². The molecule has 0 amide bonds. The molecule has 2 nitrogen and oxygen atoms in total. The first-order chi connectivity index (χ1) is 6.04. The van der Waals surface area contributed by atoms with Gasteiger partial charge in [-0.1, -0.05) is 18.2 Å². The van der Waals surface area contributed by atoms with Crippen molar-refractivity contribution in [3.05, 3.63) is 34.9 Å². The lowest BCUT2D eigenvalue weighted by Gasteiger charge is -2.12. The van der Waals surface area contributed by atoms with Gasteiger partial charge in [-0.15, -0.1) is 0 Å². The van der Waals surface area contributed by atoms with Gasteiger partial charge in [0.15, 0.2) is 5.78 Å². The lowest BCUT2D eigenvalue weighted by Crippen LogP contribution is -2.19. The molecule has 0 fully saturated rings. The Hall–Kier alpha value is -1.15. The number of hydrogen-bond donors (Lipinski definition) is 1. The van der Waals surface area contributed by atoms with Crippen LogP contribution < -0.4 is 5.73 Å². The fourth-order valence-corrected chi connectivity index (χ4v) is 1.33. The Morgan fingerprint density at radius 1 is 1.38 bits per heavy atom. The van der Waals surface area contributed by atoms with Gasteiger partial charge < -0.3 is 5.73 Å². The molecule has 1 rings (SSSR count). The van der Waals surface area contributed by atoms with Crippen LogP contribution in [-0.4, -0.2) is 5.78 Å². The zero-order valence-electron chi connectivity index (χ0n) is 8.29. The molecular weight excluding hydrogens is 162 g/mol. The first-order valence-corrected chi connectivity index (χ1v) is 4.36. The second-order valence-electron chi connectivity index (χ2n) is 3.38. The van der Waals surface area contributed by atoms with E-state index in [0.717, 1.165) is 11.1 Å². The van der Waals surface area contributed by atoms with E-state index in [4.69, 9.17) is 5.73 Å². The van der Waals surface area contributed by atoms with Gasteiger partial charge in [-0.25, -0.2) is 0 Å². The van der Waals surface area contributed by atoms with Gasteiger partial charge >= 0.3 is 0 Å². The van der Waals surface area contributed by atoms with Crippen molar-refractivity contribution < 1.29 is 4.79 Å². The first kappa shape index (κ1) is 9.93. The molecule has 0 heterocycles. The van der Waals surface area contributed by atoms with Crippen LogP contribution in [-0.2, 0) is 4.79 Å². The standard InChI is InChI=1S/C11H15NO/c1-7-5-4-6-10(8(7)2)11(12)9(3)13/h4-6,11H,12H2,1-3H3. The highest BCUT2D eigenvalue weighted by Gasteiger charge is 2.13. The fourth-order valence-electron chi connectivity index (χ4n) is 1.33. The average molecular weight is 177 g/mol. The third-order valence-electron chi connectivity index (χ3n) is 2.42. The molecule has 0 aliphatic carbocycles. The van der Waals surface area contributed by atoms with E-state index < -0.39 is 6.04 Å². The molecule has 0 aliphatic rings. The number of carbonyl (C=O) groups excluding carboxylic acids is 1. The van der Waals surface area contributed by atoms with Gasteiger partial charge in [0.2, 0.25) is 0 Å². The van der Waals surface area contributed by atoms with Gasteiger partial charge in [0, 0.05) is 0 Å². The molecule has 0 radical (unpaired) electrons. The summed E-state index contributed by atoms with van der Waals surface area (Å²) in [5, 5.41) is 0. The Bertz CT molecular complexity index is 331. The number of benzene rings is 1. The van der Waals surface area contributed by atoms with E-state index in [1.165, 1.54) is 12.5 Å². The second kappa shape index (κ2) is 3.71. The minimum Gasteiger partial charge on any atom is -0.318 e. The summed E-state index contributed by atoms with van der Waals surface area (Å²) in [5.41, 5.74) is 8.99. The molecule has 2 N–H and O–H groups in total. The minimum atomic E-state index is -0.472. The smallest absolute Gasteiger partial charge is 0.150 e. The number of ketones is 1. The lowest BCUT2D eigenvalue weighted by atomic mass is 9.96. The van der Waals surface area contributed by atoms with E-state index >= 15 is 0 Å². The summed E-state index contributed by atoms with van der Waals surface area (Å²) in [5.74, 6) is 0.00806. The maximum atomic E-state index is 11.1. The molecule has 0 saturated heterocycles. The molecule has 13 heavy (non-hydrogen) atoms. The highest BCUT2D eigenvalue weighted by Crippen LogP contribution is 2.18. The van der Waals surface area contributed by atoms with Crippen LogP contribution in [0.25, 0.3) is 0 Å². The van der Waals surface area contributed by atoms with E-state index in [2.05, 4.69) is 0 Å². The average Bonchev–Trinajstić information content (AvgIpc) is 2.08. The zero-order valence-corrected chi connectivity index (χ0v) is 8.29. The van der Waals surface area contributed by atoms with Crippen LogP contribution in [0.15, 0.2) is 18.2 Å². The summed E-state index contributed by atoms with van der Waals surface area (Å²) in [7, 11) is 0. The Balaban J connectivity index is 3.15. The Morgan fingerprint density at radius 2 is 2.00 bits per heavy atom. The second-order valence-corrected chi connectivity index (χ2v) is 3.38. The minimum absolute atomic E-state index is 0.00806. The summed E-state index contributed by atoms with van der Waals surface area (Å²) in [6.07, 6.45) is 0. The molecule has 0 aromatic heterocycles. The predicted octanol–water partition coefficient (Wildman–Crippen LogP) is 1.89. The molecule has 70 valence electrons. The largest absolute Gasteiger partial charge is 0.318 e. The van der Waals surface area contributed by atoms with Crippen molar-refractivity contribution >= 4 is 5.78 Å². The van der Waals surface area contributed by atoms with Crippen molar-refractivity contribution in [1.29, 1.82) is 0 Å². The van der Waals surface area contributed by atoms with Crippen LogP contribution in [0.5, 0.6) is 0 Å². The quantitative estimate of drug-likeness (QED) is 0.749. The zero-order chi connectivity index (χ0) is 10.0. The number of hydrogen-bond acceptors (Lipinski definition) is 2. The van der Waals surface area contributed by atoms with E-state index in [9.17, 15) is 4.79 Å². The van der Waals surface area contributed by atoms with Crippen LogP contribution in [0.4, 0.5) is 0 Å². The van der Waals surface area contributed by atoms with Crippen LogP contribution in [0, 0.1) is 13.8 Å². The van der Waals surface area contributed by atoms with Gasteiger partial charge in [-0.2, -0.15) is 0 Å². The lowest BCUT2D eigenvalue weighted by molar-refractivity contribution is -0.118. The van der Waals surface area contributed by atoms with Gasteiger partial charge in [0.1, 0.15) is 0 Å². The SMILES string of the molecule is CC(=O)C(N)c1cccc(C)c1C. The number of nitrogens with two attached hydrogens (primary N) is 1. The molecule has 2 heteroatoms. The van der Waals surface area contributed by atoms with E-state index in [-0.39, 0.29) is 5.78 Å². The van der Waals surface area contributed by atoms with Crippen molar-refractivity contribution in [2.24, 2.45) is 5.73 Å². The first-order valence-electron chi connectivity index (χ1n) is 4.36. The van der Waals surface area contributed by atoms with Gasteiger partial charge in [0.05, 0.1) is 6.04 Å². The Labute approximate surface area is 78.8 Å². The fraction of sp³-hybridized carbons (Fsp3) is 0.364. The molecule has 0 aliphatic heterocycles. The van der Waals surface area contributed by atoms with Crippen LogP contribution in [0.2, 0.25) is 0 Å². The van der Waals surface area contributed by atoms with Gasteiger partial charge in [0.25, 0.3) is 0 Å². The van der Waals surface area contributed by atoms with E-state index in [1.54, 1.807) is 0 Å². The van der Waals surface area contributed by atoms with E-state index in [1.807, 2.05) is 32.0 Å². The van der Waals surface area contributed by atoms with Crippen molar-refractivity contribution in [2.75, 3.05) is 0 Å². The Kier molecular flexibility index (Phi) is 2.83. The van der Waals surface area contributed by atoms with Crippen molar-refractivity contribution in [3.8, 4) is 0 Å². The number of rotatable bonds is 2. The maximum absolute atomic E-state index is 11.1. The number of carbonyl (C=O) groups is 1. The van der Waals surface area contributed by atoms with Crippen molar-refractivity contribution in [2.45, 2.75) is 26.8 Å². The van der Waals surface area contributed by atoms with Crippen LogP contribution in [0.3, 0.4) is 0 Å². The van der Waals surface area contributed by atoms with E-state index in [0.29, 0.717) is 0 Å². The summed E-state index contributed by atoms with van der Waals surface area (Å²) < 4.78 is 0. The Morgan fingerprint density at radius 3 is 2.54 bits per heavy atom. The third-order valence-corrected chi connectivity index (χ3v) is 2.42. The molecule has 0 bridgehead atoms. The van der Waals surface area contributed by atoms with Gasteiger partial charge in [-0.3, -0.25) is 4.79 Å². The van der Waals surface area contributed by atoms with Crippen molar-refractivity contribution in [1.82, 2.24) is 0 Å². The summed E-state index contributed by atoms with van der Waals surface area (Å²) in [4.78, 5) is 11.1. The molecular formula is C11H15NO. The molecule has 1 unspecified atom stereocenters. The maximum Gasteiger partial charge on any atom is 0.150 e. The van der Waals surface area contributed by atoms with Crippen molar-refractivity contribution in [3.63, 3.8) is 0 Å². The normalized spacial score (nSPS) is 12.6. The molecule has 0 spiro atoms. The van der Waals surface area contributed by atoms with Crippen LogP contribution in [0.1, 0.15) is 29.7 Å². The van der Waals surface area contributed by atoms with Crippen LogP contribution >= 0.6 is 0 Å². The number of Topliss-reactive ketones (excluding diaryl/α,β-unsaturated/α-hetero) is 1. The molecule has 0 saturated carbocycles. The number of aryl methyl sites for hydroxylation is 1.